The SMILES string of the molecule is CCC(NC(N)(C(=O)O)C(CC(=O)O)NC(CCC(=O)C(N)CCC(=O)C(CC(=O)O)C(N)(NC(CC)Oc1ccc(C2=NC(C)(CO)C(C)(C)N2O)cc1)C(=O)O)Oc1ccc(C2=NC(C)(CO)C(C)(C)N2O)cc1)Oc1ccc(C2=NC(C)(CO)C(C)(C)N2O)cc1. The van der Waals surface area contributed by atoms with Gasteiger partial charge in [0.05, 0.1) is 67.3 Å². The maximum atomic E-state index is 14.1. The minimum atomic E-state index is -2.78. The third-order valence-electron chi connectivity index (χ3n) is 18.9. The molecular formula is C63H92N12O19. The summed E-state index contributed by atoms with van der Waals surface area (Å²) in [7, 11) is 0. The number of nitrogens with two attached hydrogens (primary N) is 3. The number of carboxylic acid groups (broad SMARTS) is 4. The van der Waals surface area contributed by atoms with Crippen molar-refractivity contribution in [2.75, 3.05) is 19.8 Å². The summed E-state index contributed by atoms with van der Waals surface area (Å²) in [6.45, 7) is 17.4. The van der Waals surface area contributed by atoms with E-state index in [1.54, 1.807) is 100 Å². The Bertz CT molecular complexity index is 3330. The second-order valence-corrected chi connectivity index (χ2v) is 26.1. The van der Waals surface area contributed by atoms with Crippen molar-refractivity contribution < 1.29 is 94.3 Å². The van der Waals surface area contributed by atoms with Gasteiger partial charge in [0, 0.05) is 36.0 Å². The number of rotatable bonds is 36. The van der Waals surface area contributed by atoms with E-state index in [2.05, 4.69) is 30.9 Å². The van der Waals surface area contributed by atoms with Gasteiger partial charge in [-0.15, -0.1) is 0 Å². The maximum absolute atomic E-state index is 14.1. The zero-order valence-corrected chi connectivity index (χ0v) is 54.7. The van der Waals surface area contributed by atoms with Crippen LogP contribution in [0.25, 0.3) is 0 Å². The molecule has 3 heterocycles. The molecule has 0 fully saturated rings. The molecule has 0 saturated carbocycles. The van der Waals surface area contributed by atoms with E-state index in [0.29, 0.717) is 16.7 Å². The predicted molar refractivity (Wildman–Crippen MR) is 339 cm³/mol. The number of ether oxygens (including phenoxy) is 3. The molecule has 518 valence electrons. The highest BCUT2D eigenvalue weighted by Crippen LogP contribution is 2.41. The van der Waals surface area contributed by atoms with Gasteiger partial charge in [-0.2, -0.15) is 0 Å². The highest BCUT2D eigenvalue weighted by molar-refractivity contribution is 6.02. The zero-order chi connectivity index (χ0) is 70.5. The monoisotopic (exact) mass is 1320 g/mol. The van der Waals surface area contributed by atoms with Gasteiger partial charge >= 0.3 is 23.9 Å². The van der Waals surface area contributed by atoms with Crippen LogP contribution < -0.4 is 47.4 Å². The van der Waals surface area contributed by atoms with Gasteiger partial charge in [0.1, 0.15) is 45.4 Å². The van der Waals surface area contributed by atoms with Crippen LogP contribution in [-0.2, 0) is 28.8 Å². The summed E-state index contributed by atoms with van der Waals surface area (Å²) in [6.07, 6.45) is -7.91. The van der Waals surface area contributed by atoms with Gasteiger partial charge in [-0.25, -0.2) is 24.8 Å². The van der Waals surface area contributed by atoms with Crippen molar-refractivity contribution in [1.82, 2.24) is 31.1 Å². The van der Waals surface area contributed by atoms with Crippen LogP contribution in [0.5, 0.6) is 17.2 Å². The topological polar surface area (TPSA) is 493 Å². The minimum absolute atomic E-state index is 0.0312. The number of nitrogens with zero attached hydrogens (tertiary/aromatic N) is 6. The lowest BCUT2D eigenvalue weighted by atomic mass is 9.83. The van der Waals surface area contributed by atoms with Crippen molar-refractivity contribution in [3.63, 3.8) is 0 Å². The smallest absolute Gasteiger partial charge is 0.340 e. The number of benzene rings is 3. The molecule has 3 aliphatic rings. The van der Waals surface area contributed by atoms with Crippen LogP contribution in [0.4, 0.5) is 0 Å². The fourth-order valence-corrected chi connectivity index (χ4v) is 10.8. The van der Waals surface area contributed by atoms with E-state index in [4.69, 9.17) is 31.4 Å². The molecule has 31 heteroatoms. The Morgan fingerprint density at radius 2 is 0.819 bits per heavy atom. The Kier molecular flexibility index (Phi) is 23.3. The number of hydroxylamine groups is 6. The molecule has 11 atom stereocenters. The molecular weight excluding hydrogens is 1230 g/mol. The number of aliphatic hydroxyl groups is 3. The summed E-state index contributed by atoms with van der Waals surface area (Å²) >= 11 is 0. The number of nitrogens with one attached hydrogen (secondary N) is 3. The molecule has 11 unspecified atom stereocenters. The first kappa shape index (κ1) is 75.2. The fraction of sp³-hybridized carbons (Fsp3) is 0.571. The molecule has 0 amide bonds. The third kappa shape index (κ3) is 15.3. The van der Waals surface area contributed by atoms with Crippen LogP contribution in [0.3, 0.4) is 0 Å². The van der Waals surface area contributed by atoms with Crippen molar-refractivity contribution in [3.8, 4) is 17.2 Å². The Morgan fingerprint density at radius 1 is 0.500 bits per heavy atom. The molecule has 3 aromatic rings. The van der Waals surface area contributed by atoms with Crippen LogP contribution in [0.15, 0.2) is 87.8 Å². The lowest BCUT2D eigenvalue weighted by Gasteiger charge is -2.39. The number of carboxylic acids is 4. The van der Waals surface area contributed by atoms with Crippen LogP contribution in [-0.4, -0.2) is 215 Å². The number of carbonyl (C=O) groups excluding carboxylic acids is 2. The number of hydrogen-bond acceptors (Lipinski definition) is 27. The molecule has 94 heavy (non-hydrogen) atoms. The van der Waals surface area contributed by atoms with Gasteiger partial charge < -0.3 is 67.2 Å². The molecule has 0 spiro atoms. The molecule has 3 aromatic carbocycles. The molecule has 19 N–H and O–H groups in total. The van der Waals surface area contributed by atoms with Crippen molar-refractivity contribution in [2.24, 2.45) is 38.1 Å². The first-order valence-electron chi connectivity index (χ1n) is 30.7. The Morgan fingerprint density at radius 3 is 1.12 bits per heavy atom. The minimum Gasteiger partial charge on any atom is -0.481 e. The number of carbonyl (C=O) groups is 6. The first-order chi connectivity index (χ1) is 43.7. The molecule has 6 rings (SSSR count). The van der Waals surface area contributed by atoms with E-state index in [0.717, 1.165) is 15.2 Å². The fourth-order valence-electron chi connectivity index (χ4n) is 10.8. The van der Waals surface area contributed by atoms with Crippen molar-refractivity contribution in [3.05, 3.63) is 89.5 Å². The number of hydrogen-bond donors (Lipinski definition) is 16. The van der Waals surface area contributed by atoms with Gasteiger partial charge in [0.15, 0.2) is 47.5 Å². The Hall–Kier alpha value is -7.79. The van der Waals surface area contributed by atoms with Crippen LogP contribution in [0, 0.1) is 5.92 Å². The van der Waals surface area contributed by atoms with Crippen molar-refractivity contribution in [2.45, 2.75) is 203 Å². The summed E-state index contributed by atoms with van der Waals surface area (Å²) in [5.74, 6) is -9.49. The lowest BCUT2D eigenvalue weighted by Crippen LogP contribution is -2.74. The molecule has 0 aliphatic carbocycles. The summed E-state index contributed by atoms with van der Waals surface area (Å²) < 4.78 is 18.5. The molecule has 0 bridgehead atoms. The van der Waals surface area contributed by atoms with Crippen LogP contribution in [0.1, 0.15) is 144 Å². The second kappa shape index (κ2) is 29.1. The molecule has 0 aromatic heterocycles. The number of ketones is 2. The molecule has 0 radical (unpaired) electrons. The van der Waals surface area contributed by atoms with Crippen LogP contribution >= 0.6 is 0 Å². The average Bonchev–Trinajstić information content (AvgIpc) is 1.60. The summed E-state index contributed by atoms with van der Waals surface area (Å²) in [4.78, 5) is 93.4. The van der Waals surface area contributed by atoms with Gasteiger partial charge in [-0.3, -0.25) is 65.7 Å². The average molecular weight is 1320 g/mol. The van der Waals surface area contributed by atoms with Gasteiger partial charge in [0.25, 0.3) is 0 Å². The van der Waals surface area contributed by atoms with E-state index in [9.17, 15) is 80.1 Å². The largest absolute Gasteiger partial charge is 0.481 e. The normalized spacial score (nSPS) is 23.7. The highest BCUT2D eigenvalue weighted by atomic mass is 16.5. The standard InChI is InChI=1S/C63H92N12O19/c1-12-46(92-38-20-14-35(15-21-38)51-70-59(9,32-76)56(3,4)73(51)89)68-62(65,54(85)86)41(30-49(81)82)43(79)27-26-42(64)44(80)28-29-48(94-40-24-18-37(19-25-40)53-72-61(11,34-78)58(7,8)75(53)91)67-45(31-50(83)84)63(66,55(87)88)69-47(13-2)93-39-22-16-36(17-23-39)52-71-60(10,33-77)57(5,6)74(52)90/h14-25,41-42,45-48,67-69,76-78,89-91H,12-13,26-34,64-66H2,1-11H3,(H,81,82)(H,83,84)(H,85,86)(H,87,88). The van der Waals surface area contributed by atoms with E-state index in [1.807, 2.05) is 0 Å². The molecule has 0 saturated heterocycles. The highest BCUT2D eigenvalue weighted by Gasteiger charge is 2.55. The van der Waals surface area contributed by atoms with E-state index in [-0.39, 0.29) is 67.2 Å². The van der Waals surface area contributed by atoms with E-state index < -0.39 is 155 Å². The molecule has 31 nitrogen and oxygen atoms in total. The van der Waals surface area contributed by atoms with Crippen molar-refractivity contribution >= 4 is 53.0 Å². The second-order valence-electron chi connectivity index (χ2n) is 26.1. The van der Waals surface area contributed by atoms with Gasteiger partial charge in [-0.1, -0.05) is 13.8 Å². The van der Waals surface area contributed by atoms with Crippen molar-refractivity contribution in [1.29, 1.82) is 0 Å². The number of amidine groups is 3. The summed E-state index contributed by atoms with van der Waals surface area (Å²) in [5.41, 5.74) is 9.13. The number of Topliss-reactive ketones (excluding diaryl/α,β-unsaturated/α-hetero) is 2. The number of aliphatic carboxylic acids is 4. The predicted octanol–water partition coefficient (Wildman–Crippen LogP) is 2.17. The van der Waals surface area contributed by atoms with E-state index >= 15 is 0 Å². The lowest BCUT2D eigenvalue weighted by molar-refractivity contribution is -0.155. The first-order valence-corrected chi connectivity index (χ1v) is 30.7. The zero-order valence-electron chi connectivity index (χ0n) is 54.7. The summed E-state index contributed by atoms with van der Waals surface area (Å²) in [5, 5.41) is 116. The summed E-state index contributed by atoms with van der Waals surface area (Å²) in [6, 6.07) is 15.0. The quantitative estimate of drug-likeness (QED) is 0.0371. The number of aliphatic hydroxyl groups excluding tert-OH is 3. The van der Waals surface area contributed by atoms with Gasteiger partial charge in [-0.05, 0) is 154 Å². The third-order valence-corrected chi connectivity index (χ3v) is 18.9. The van der Waals surface area contributed by atoms with Crippen LogP contribution in [0.2, 0.25) is 0 Å². The van der Waals surface area contributed by atoms with Gasteiger partial charge in [0.2, 0.25) is 0 Å². The Labute approximate surface area is 544 Å². The maximum Gasteiger partial charge on any atom is 0.340 e. The molecule has 3 aliphatic heterocycles. The Balaban J connectivity index is 1.21. The van der Waals surface area contributed by atoms with E-state index in [1.165, 1.54) is 48.5 Å². The number of aliphatic imine (C=N–C) groups is 3.